The minimum Gasteiger partial charge on any atom is -0.261 e. The lowest BCUT2D eigenvalue weighted by Gasteiger charge is -1.92. The molecule has 0 fully saturated rings. The van der Waals surface area contributed by atoms with E-state index in [-0.39, 0.29) is 0 Å². The molecule has 0 saturated heterocycles. The summed E-state index contributed by atoms with van der Waals surface area (Å²) >= 11 is 0. The third kappa shape index (κ3) is 2.06. The Morgan fingerprint density at radius 1 is 1.58 bits per heavy atom. The summed E-state index contributed by atoms with van der Waals surface area (Å²) in [5.74, 6) is 0. The quantitative estimate of drug-likeness (QED) is 0.599. The first-order valence-electron chi connectivity index (χ1n) is 3.88. The number of aryl methyl sites for hydroxylation is 1. The lowest BCUT2D eigenvalue weighted by atomic mass is 10.2. The SMILES string of the molecule is C=C(C)/C=c1/cnc(C)cc1=C. The van der Waals surface area contributed by atoms with Gasteiger partial charge in [0.25, 0.3) is 0 Å². The maximum absolute atomic E-state index is 4.18. The molecule has 1 heteroatoms. The van der Waals surface area contributed by atoms with Crippen molar-refractivity contribution >= 4 is 12.7 Å². The van der Waals surface area contributed by atoms with Crippen LogP contribution in [-0.2, 0) is 0 Å². The van der Waals surface area contributed by atoms with Crippen molar-refractivity contribution in [3.63, 3.8) is 0 Å². The fourth-order valence-electron chi connectivity index (χ4n) is 1.02. The van der Waals surface area contributed by atoms with Gasteiger partial charge in [-0.1, -0.05) is 24.8 Å². The van der Waals surface area contributed by atoms with Crippen molar-refractivity contribution in [2.24, 2.45) is 0 Å². The van der Waals surface area contributed by atoms with Crippen LogP contribution in [0.4, 0.5) is 0 Å². The van der Waals surface area contributed by atoms with Gasteiger partial charge in [0.05, 0.1) is 0 Å². The Kier molecular flexibility index (Phi) is 2.44. The van der Waals surface area contributed by atoms with Crippen LogP contribution in [-0.4, -0.2) is 4.98 Å². The Morgan fingerprint density at radius 3 is 2.75 bits per heavy atom. The molecule has 1 aromatic rings. The van der Waals surface area contributed by atoms with Crippen molar-refractivity contribution in [2.45, 2.75) is 13.8 Å². The topological polar surface area (TPSA) is 12.9 Å². The molecule has 0 aromatic carbocycles. The molecule has 0 amide bonds. The second-order valence-electron chi connectivity index (χ2n) is 3.02. The van der Waals surface area contributed by atoms with E-state index < -0.39 is 0 Å². The minimum absolute atomic E-state index is 0.999. The van der Waals surface area contributed by atoms with Crippen molar-refractivity contribution in [3.05, 3.63) is 40.5 Å². The molecule has 12 heavy (non-hydrogen) atoms. The monoisotopic (exact) mass is 159 g/mol. The van der Waals surface area contributed by atoms with Gasteiger partial charge in [-0.3, -0.25) is 4.98 Å². The van der Waals surface area contributed by atoms with E-state index in [2.05, 4.69) is 18.1 Å². The van der Waals surface area contributed by atoms with Crippen molar-refractivity contribution in [2.75, 3.05) is 0 Å². The summed E-state index contributed by atoms with van der Waals surface area (Å²) in [4.78, 5) is 4.18. The lowest BCUT2D eigenvalue weighted by Crippen LogP contribution is -2.24. The van der Waals surface area contributed by atoms with Gasteiger partial charge in [0.1, 0.15) is 0 Å². The average molecular weight is 159 g/mol. The van der Waals surface area contributed by atoms with Crippen LogP contribution in [0.1, 0.15) is 12.6 Å². The first kappa shape index (κ1) is 8.72. The Hall–Kier alpha value is -1.37. The van der Waals surface area contributed by atoms with E-state index in [0.717, 1.165) is 21.7 Å². The summed E-state index contributed by atoms with van der Waals surface area (Å²) < 4.78 is 0. The number of nitrogens with zero attached hydrogens (tertiary/aromatic N) is 1. The van der Waals surface area contributed by atoms with Gasteiger partial charge >= 0.3 is 0 Å². The van der Waals surface area contributed by atoms with E-state index in [1.165, 1.54) is 0 Å². The van der Waals surface area contributed by atoms with Gasteiger partial charge in [-0.15, -0.1) is 0 Å². The number of hydrogen-bond acceptors (Lipinski definition) is 1. The van der Waals surface area contributed by atoms with Crippen LogP contribution in [0, 0.1) is 6.92 Å². The highest BCUT2D eigenvalue weighted by atomic mass is 14.6. The molecule has 0 saturated carbocycles. The van der Waals surface area contributed by atoms with Crippen LogP contribution in [0.25, 0.3) is 12.7 Å². The lowest BCUT2D eigenvalue weighted by molar-refractivity contribution is 1.17. The smallest absolute Gasteiger partial charge is 0.0378 e. The van der Waals surface area contributed by atoms with Crippen LogP contribution < -0.4 is 10.4 Å². The second-order valence-corrected chi connectivity index (χ2v) is 3.02. The number of aromatic nitrogens is 1. The Labute approximate surface area is 72.8 Å². The fourth-order valence-corrected chi connectivity index (χ4v) is 1.02. The molecule has 0 aliphatic heterocycles. The summed E-state index contributed by atoms with van der Waals surface area (Å²) in [6.07, 6.45) is 3.81. The Morgan fingerprint density at radius 2 is 2.25 bits per heavy atom. The standard InChI is InChI=1S/C11H13N/c1-8(2)5-11-7-12-10(4)6-9(11)3/h5-7H,1,3H2,2,4H3/b11-5-. The molecule has 0 aliphatic rings. The second kappa shape index (κ2) is 3.35. The van der Waals surface area contributed by atoms with E-state index >= 15 is 0 Å². The fraction of sp³-hybridized carbons (Fsp3) is 0.182. The zero-order valence-corrected chi connectivity index (χ0v) is 7.59. The van der Waals surface area contributed by atoms with Crippen LogP contribution in [0.5, 0.6) is 0 Å². The molecule has 0 atom stereocenters. The number of rotatable bonds is 1. The minimum atomic E-state index is 0.999. The van der Waals surface area contributed by atoms with E-state index in [9.17, 15) is 0 Å². The summed E-state index contributed by atoms with van der Waals surface area (Å²) in [5.41, 5.74) is 2.02. The van der Waals surface area contributed by atoms with Gasteiger partial charge in [-0.05, 0) is 30.4 Å². The molecular weight excluding hydrogens is 146 g/mol. The molecule has 0 bridgehead atoms. The molecule has 1 heterocycles. The average Bonchev–Trinajstić information content (AvgIpc) is 1.94. The highest BCUT2D eigenvalue weighted by Crippen LogP contribution is 1.85. The molecule has 0 unspecified atom stereocenters. The summed E-state index contributed by atoms with van der Waals surface area (Å²) in [6.45, 7) is 11.6. The van der Waals surface area contributed by atoms with Crippen molar-refractivity contribution in [3.8, 4) is 0 Å². The van der Waals surface area contributed by atoms with Crippen LogP contribution in [0.3, 0.4) is 0 Å². The predicted molar refractivity (Wildman–Crippen MR) is 53.0 cm³/mol. The number of hydrogen-bond donors (Lipinski definition) is 0. The van der Waals surface area contributed by atoms with Gasteiger partial charge in [0.2, 0.25) is 0 Å². The number of pyridine rings is 1. The largest absolute Gasteiger partial charge is 0.261 e. The van der Waals surface area contributed by atoms with Crippen LogP contribution in [0.15, 0.2) is 24.4 Å². The highest BCUT2D eigenvalue weighted by Gasteiger charge is 1.85. The van der Waals surface area contributed by atoms with E-state index in [1.54, 1.807) is 0 Å². The van der Waals surface area contributed by atoms with Gasteiger partial charge in [0.15, 0.2) is 0 Å². The summed E-state index contributed by atoms with van der Waals surface area (Å²) in [7, 11) is 0. The summed E-state index contributed by atoms with van der Waals surface area (Å²) in [6, 6.07) is 1.97. The van der Waals surface area contributed by atoms with E-state index in [0.29, 0.717) is 0 Å². The van der Waals surface area contributed by atoms with E-state index in [4.69, 9.17) is 0 Å². The molecule has 0 N–H and O–H groups in total. The van der Waals surface area contributed by atoms with Gasteiger partial charge in [-0.2, -0.15) is 0 Å². The molecule has 0 aliphatic carbocycles. The van der Waals surface area contributed by atoms with Gasteiger partial charge in [0, 0.05) is 11.9 Å². The maximum Gasteiger partial charge on any atom is 0.0378 e. The molecule has 0 radical (unpaired) electrons. The third-order valence-electron chi connectivity index (χ3n) is 1.56. The van der Waals surface area contributed by atoms with Crippen LogP contribution >= 0.6 is 0 Å². The zero-order valence-electron chi connectivity index (χ0n) is 7.59. The first-order valence-corrected chi connectivity index (χ1v) is 3.88. The maximum atomic E-state index is 4.18. The Balaban J connectivity index is 3.38. The van der Waals surface area contributed by atoms with Crippen molar-refractivity contribution in [1.82, 2.24) is 4.98 Å². The predicted octanol–water partition coefficient (Wildman–Crippen LogP) is 1.16. The van der Waals surface area contributed by atoms with E-state index in [1.807, 2.05) is 32.2 Å². The number of allylic oxidation sites excluding steroid dienone is 1. The molecule has 62 valence electrons. The Bertz CT molecular complexity index is 402. The molecule has 0 spiro atoms. The zero-order chi connectivity index (χ0) is 9.14. The van der Waals surface area contributed by atoms with Crippen molar-refractivity contribution in [1.29, 1.82) is 0 Å². The highest BCUT2D eigenvalue weighted by molar-refractivity contribution is 5.43. The first-order chi connectivity index (χ1) is 5.59. The molecule has 1 nitrogen and oxygen atoms in total. The van der Waals surface area contributed by atoms with Crippen molar-refractivity contribution < 1.29 is 0 Å². The molecule has 1 aromatic heterocycles. The summed E-state index contributed by atoms with van der Waals surface area (Å²) in [5, 5.41) is 2.05. The van der Waals surface area contributed by atoms with Crippen LogP contribution in [0.2, 0.25) is 0 Å². The van der Waals surface area contributed by atoms with Gasteiger partial charge < -0.3 is 0 Å². The molecule has 1 rings (SSSR count). The van der Waals surface area contributed by atoms with Gasteiger partial charge in [-0.25, -0.2) is 0 Å². The molecular formula is C11H13N. The normalized spacial score (nSPS) is 11.7. The third-order valence-corrected chi connectivity index (χ3v) is 1.56.